The maximum absolute atomic E-state index is 13.2. The van der Waals surface area contributed by atoms with Crippen LogP contribution in [0.15, 0.2) is 30.3 Å². The summed E-state index contributed by atoms with van der Waals surface area (Å²) in [5.41, 5.74) is 3.17. The van der Waals surface area contributed by atoms with Crippen molar-refractivity contribution < 1.29 is 19.0 Å². The maximum Gasteiger partial charge on any atom is 0.252 e. The summed E-state index contributed by atoms with van der Waals surface area (Å²) in [6.45, 7) is 10.2. The number of carbonyl (C=O) groups is 1. The average Bonchev–Trinajstić information content (AvgIpc) is 2.65. The summed E-state index contributed by atoms with van der Waals surface area (Å²) in [4.78, 5) is 13.2. The first-order chi connectivity index (χ1) is 13.6. The second-order valence-corrected chi connectivity index (χ2v) is 8.56. The summed E-state index contributed by atoms with van der Waals surface area (Å²) < 4.78 is 17.0. The molecule has 0 radical (unpaired) electrons. The summed E-state index contributed by atoms with van der Waals surface area (Å²) in [7, 11) is 3.30. The zero-order valence-corrected chi connectivity index (χ0v) is 18.4. The lowest BCUT2D eigenvalue weighted by molar-refractivity contribution is 0.0617. The van der Waals surface area contributed by atoms with E-state index in [0.29, 0.717) is 12.0 Å². The van der Waals surface area contributed by atoms with Gasteiger partial charge in [-0.1, -0.05) is 13.8 Å². The molecule has 1 heterocycles. The van der Waals surface area contributed by atoms with Crippen LogP contribution in [0, 0.1) is 6.92 Å². The van der Waals surface area contributed by atoms with Gasteiger partial charge < -0.3 is 19.5 Å². The lowest BCUT2D eigenvalue weighted by Crippen LogP contribution is -2.41. The largest absolute Gasteiger partial charge is 0.497 e. The van der Waals surface area contributed by atoms with Gasteiger partial charge in [0.25, 0.3) is 5.91 Å². The molecule has 2 aromatic carbocycles. The summed E-state index contributed by atoms with van der Waals surface area (Å²) in [5, 5.41) is 3.23. The topological polar surface area (TPSA) is 56.8 Å². The number of rotatable bonds is 5. The Morgan fingerprint density at radius 1 is 1.17 bits per heavy atom. The molecule has 5 nitrogen and oxygen atoms in total. The quantitative estimate of drug-likeness (QED) is 0.756. The molecule has 0 saturated heterocycles. The maximum atomic E-state index is 13.2. The molecule has 3 rings (SSSR count). The molecule has 29 heavy (non-hydrogen) atoms. The van der Waals surface area contributed by atoms with Gasteiger partial charge in [0.1, 0.15) is 22.8 Å². The highest BCUT2D eigenvalue weighted by Crippen LogP contribution is 2.41. The van der Waals surface area contributed by atoms with E-state index in [1.165, 1.54) is 0 Å². The third kappa shape index (κ3) is 4.34. The fraction of sp³-hybridized carbons (Fsp3) is 0.458. The Morgan fingerprint density at radius 2 is 1.90 bits per heavy atom. The number of benzene rings is 2. The minimum Gasteiger partial charge on any atom is -0.497 e. The number of fused-ring (bicyclic) bond motifs is 1. The van der Waals surface area contributed by atoms with Crippen molar-refractivity contribution in [2.75, 3.05) is 14.2 Å². The molecule has 0 fully saturated rings. The molecule has 2 aromatic rings. The van der Waals surface area contributed by atoms with Crippen LogP contribution in [0.25, 0.3) is 0 Å². The molecule has 156 valence electrons. The van der Waals surface area contributed by atoms with Crippen LogP contribution in [0.4, 0.5) is 0 Å². The Kier molecular flexibility index (Phi) is 5.78. The van der Waals surface area contributed by atoms with E-state index < -0.39 is 5.60 Å². The van der Waals surface area contributed by atoms with Crippen molar-refractivity contribution in [3.63, 3.8) is 0 Å². The third-order valence-electron chi connectivity index (χ3n) is 5.43. The molecule has 0 saturated carbocycles. The lowest BCUT2D eigenvalue weighted by Gasteiger charge is -2.38. The first-order valence-corrected chi connectivity index (χ1v) is 10.0. The van der Waals surface area contributed by atoms with Gasteiger partial charge in [0.15, 0.2) is 0 Å². The summed E-state index contributed by atoms with van der Waals surface area (Å²) in [6.07, 6.45) is 0.685. The lowest BCUT2D eigenvalue weighted by atomic mass is 9.89. The van der Waals surface area contributed by atoms with Gasteiger partial charge in [-0.2, -0.15) is 0 Å². The Bertz CT molecular complexity index is 917. The molecule has 0 aromatic heterocycles. The van der Waals surface area contributed by atoms with Crippen LogP contribution in [-0.4, -0.2) is 25.7 Å². The molecule has 0 unspecified atom stereocenters. The number of hydrogen-bond donors (Lipinski definition) is 1. The number of nitrogens with one attached hydrogen (secondary N) is 1. The molecular formula is C24H31NO4. The van der Waals surface area contributed by atoms with Crippen LogP contribution < -0.4 is 19.5 Å². The summed E-state index contributed by atoms with van der Waals surface area (Å²) >= 11 is 0. The van der Waals surface area contributed by atoms with E-state index >= 15 is 0 Å². The van der Waals surface area contributed by atoms with Crippen LogP contribution in [0.1, 0.15) is 73.1 Å². The molecule has 0 bridgehead atoms. The number of hydrogen-bond acceptors (Lipinski definition) is 4. The van der Waals surface area contributed by atoms with Crippen molar-refractivity contribution in [1.82, 2.24) is 5.32 Å². The van der Waals surface area contributed by atoms with Crippen LogP contribution in [0.2, 0.25) is 0 Å². The zero-order valence-electron chi connectivity index (χ0n) is 18.4. The van der Waals surface area contributed by atoms with E-state index in [1.54, 1.807) is 14.2 Å². The monoisotopic (exact) mass is 397 g/mol. The van der Waals surface area contributed by atoms with Crippen LogP contribution in [-0.2, 0) is 0 Å². The van der Waals surface area contributed by atoms with E-state index in [9.17, 15) is 4.79 Å². The van der Waals surface area contributed by atoms with Gasteiger partial charge in [-0.05, 0) is 62.1 Å². The van der Waals surface area contributed by atoms with Crippen LogP contribution >= 0.6 is 0 Å². The normalized spacial score (nSPS) is 17.3. The van der Waals surface area contributed by atoms with Crippen molar-refractivity contribution in [3.05, 3.63) is 52.6 Å². The Labute approximate surface area is 173 Å². The third-order valence-corrected chi connectivity index (χ3v) is 5.43. The standard InChI is InChI=1S/C24H31NO4/c1-14(2)18-12-19(15(3)10-21(18)28-7)23(26)25-20-13-24(4,5)29-22-11-16(27-6)8-9-17(20)22/h8-12,14,20H,13H2,1-7H3,(H,25,26)/t20-/m0/s1. The predicted octanol–water partition coefficient (Wildman–Crippen LogP) is 5.17. The molecule has 5 heteroatoms. The Balaban J connectivity index is 1.94. The van der Waals surface area contributed by atoms with E-state index in [2.05, 4.69) is 19.2 Å². The number of methoxy groups -OCH3 is 2. The van der Waals surface area contributed by atoms with E-state index in [0.717, 1.165) is 33.9 Å². The van der Waals surface area contributed by atoms with E-state index in [1.807, 2.05) is 51.1 Å². The number of aryl methyl sites for hydroxylation is 1. The fourth-order valence-electron chi connectivity index (χ4n) is 3.89. The molecule has 1 aliphatic heterocycles. The highest BCUT2D eigenvalue weighted by Gasteiger charge is 2.35. The van der Waals surface area contributed by atoms with Crippen molar-refractivity contribution >= 4 is 5.91 Å². The SMILES string of the molecule is COc1ccc2c(c1)OC(C)(C)C[C@@H]2NC(=O)c1cc(C(C)C)c(OC)cc1C. The van der Waals surface area contributed by atoms with Crippen molar-refractivity contribution in [1.29, 1.82) is 0 Å². The summed E-state index contributed by atoms with van der Waals surface area (Å²) in [6, 6.07) is 9.50. The van der Waals surface area contributed by atoms with E-state index in [-0.39, 0.29) is 17.9 Å². The average molecular weight is 398 g/mol. The molecule has 1 aliphatic rings. The molecular weight excluding hydrogens is 366 g/mol. The van der Waals surface area contributed by atoms with Crippen molar-refractivity contribution in [3.8, 4) is 17.2 Å². The highest BCUT2D eigenvalue weighted by atomic mass is 16.5. The van der Waals surface area contributed by atoms with Gasteiger partial charge in [0.2, 0.25) is 0 Å². The van der Waals surface area contributed by atoms with Gasteiger partial charge in [0.05, 0.1) is 20.3 Å². The van der Waals surface area contributed by atoms with Crippen molar-refractivity contribution in [2.45, 2.75) is 58.6 Å². The molecule has 0 spiro atoms. The van der Waals surface area contributed by atoms with Crippen molar-refractivity contribution in [2.24, 2.45) is 0 Å². The first-order valence-electron chi connectivity index (χ1n) is 10.0. The number of amides is 1. The van der Waals surface area contributed by atoms with Crippen LogP contribution in [0.3, 0.4) is 0 Å². The Morgan fingerprint density at radius 3 is 2.52 bits per heavy atom. The second kappa shape index (κ2) is 7.97. The molecule has 1 N–H and O–H groups in total. The van der Waals surface area contributed by atoms with Gasteiger partial charge in [-0.3, -0.25) is 4.79 Å². The van der Waals surface area contributed by atoms with Crippen LogP contribution in [0.5, 0.6) is 17.2 Å². The molecule has 1 amide bonds. The van der Waals surface area contributed by atoms with Gasteiger partial charge >= 0.3 is 0 Å². The Hall–Kier alpha value is -2.69. The number of carbonyl (C=O) groups excluding carboxylic acids is 1. The minimum atomic E-state index is -0.393. The zero-order chi connectivity index (χ0) is 21.3. The summed E-state index contributed by atoms with van der Waals surface area (Å²) in [5.74, 6) is 2.47. The molecule has 1 atom stereocenters. The smallest absolute Gasteiger partial charge is 0.252 e. The molecule has 0 aliphatic carbocycles. The van der Waals surface area contributed by atoms with Gasteiger partial charge in [0, 0.05) is 23.6 Å². The van der Waals surface area contributed by atoms with Gasteiger partial charge in [-0.25, -0.2) is 0 Å². The first kappa shape index (κ1) is 21.0. The fourth-order valence-corrected chi connectivity index (χ4v) is 3.89. The van der Waals surface area contributed by atoms with Gasteiger partial charge in [-0.15, -0.1) is 0 Å². The second-order valence-electron chi connectivity index (χ2n) is 8.56. The van der Waals surface area contributed by atoms with E-state index in [4.69, 9.17) is 14.2 Å². The minimum absolute atomic E-state index is 0.0866. The number of ether oxygens (including phenoxy) is 3. The highest BCUT2D eigenvalue weighted by molar-refractivity contribution is 5.96. The predicted molar refractivity (Wildman–Crippen MR) is 114 cm³/mol.